The zero-order chi connectivity index (χ0) is 12.1. The van der Waals surface area contributed by atoms with Crippen LogP contribution in [0.4, 0.5) is 0 Å². The van der Waals surface area contributed by atoms with Crippen LogP contribution < -0.4 is 10.5 Å². The number of ether oxygens (including phenoxy) is 1. The summed E-state index contributed by atoms with van der Waals surface area (Å²) in [5, 5.41) is 0.529. The second-order valence-electron chi connectivity index (χ2n) is 4.09. The summed E-state index contributed by atoms with van der Waals surface area (Å²) in [4.78, 5) is 1.21. The molecule has 1 rings (SSSR count). The molecular formula is C13H21NOS. The van der Waals surface area contributed by atoms with Crippen molar-refractivity contribution in [3.63, 3.8) is 0 Å². The third-order valence-electron chi connectivity index (χ3n) is 2.68. The SMILES string of the molecule is COc1cc(C)c(C)cc1SC(C)CCN. The Morgan fingerprint density at radius 1 is 1.31 bits per heavy atom. The van der Waals surface area contributed by atoms with Gasteiger partial charge in [0.1, 0.15) is 5.75 Å². The highest BCUT2D eigenvalue weighted by Crippen LogP contribution is 2.35. The first-order valence-electron chi connectivity index (χ1n) is 5.60. The Morgan fingerprint density at radius 3 is 2.50 bits per heavy atom. The number of thioether (sulfide) groups is 1. The van der Waals surface area contributed by atoms with E-state index in [1.165, 1.54) is 16.0 Å². The first-order valence-corrected chi connectivity index (χ1v) is 6.48. The molecule has 0 radical (unpaired) electrons. The van der Waals surface area contributed by atoms with Crippen LogP contribution in [0.1, 0.15) is 24.5 Å². The molecular weight excluding hydrogens is 218 g/mol. The van der Waals surface area contributed by atoms with Gasteiger partial charge in [0.2, 0.25) is 0 Å². The fourth-order valence-electron chi connectivity index (χ4n) is 1.53. The molecule has 0 fully saturated rings. The molecule has 1 atom stereocenters. The van der Waals surface area contributed by atoms with Gasteiger partial charge in [0.25, 0.3) is 0 Å². The maximum atomic E-state index is 5.56. The average molecular weight is 239 g/mol. The summed E-state index contributed by atoms with van der Waals surface area (Å²) in [5.74, 6) is 0.969. The van der Waals surface area contributed by atoms with E-state index in [-0.39, 0.29) is 0 Å². The molecule has 0 bridgehead atoms. The highest BCUT2D eigenvalue weighted by Gasteiger charge is 2.10. The minimum Gasteiger partial charge on any atom is -0.496 e. The summed E-state index contributed by atoms with van der Waals surface area (Å²) in [5.41, 5.74) is 8.14. The zero-order valence-electron chi connectivity index (χ0n) is 10.5. The maximum absolute atomic E-state index is 5.56. The lowest BCUT2D eigenvalue weighted by Crippen LogP contribution is -2.07. The largest absolute Gasteiger partial charge is 0.496 e. The lowest BCUT2D eigenvalue weighted by atomic mass is 10.1. The molecule has 0 aliphatic rings. The summed E-state index contributed by atoms with van der Waals surface area (Å²) in [6, 6.07) is 4.30. The van der Waals surface area contributed by atoms with Crippen LogP contribution in [0.25, 0.3) is 0 Å². The van der Waals surface area contributed by atoms with Crippen LogP contribution in [0.5, 0.6) is 5.75 Å². The monoisotopic (exact) mass is 239 g/mol. The lowest BCUT2D eigenvalue weighted by Gasteiger charge is -2.15. The molecule has 0 aliphatic heterocycles. The Labute approximate surface area is 103 Å². The van der Waals surface area contributed by atoms with E-state index in [1.807, 2.05) is 11.8 Å². The number of rotatable bonds is 5. The molecule has 1 aromatic rings. The van der Waals surface area contributed by atoms with Crippen LogP contribution in [0, 0.1) is 13.8 Å². The highest BCUT2D eigenvalue weighted by atomic mass is 32.2. The summed E-state index contributed by atoms with van der Waals surface area (Å²) >= 11 is 1.84. The quantitative estimate of drug-likeness (QED) is 0.802. The number of benzene rings is 1. The predicted octanol–water partition coefficient (Wildman–Crippen LogP) is 3.14. The Morgan fingerprint density at radius 2 is 1.94 bits per heavy atom. The molecule has 0 aromatic heterocycles. The van der Waals surface area contributed by atoms with Crippen LogP contribution in [-0.4, -0.2) is 18.9 Å². The molecule has 90 valence electrons. The Hall–Kier alpha value is -0.670. The maximum Gasteiger partial charge on any atom is 0.132 e. The topological polar surface area (TPSA) is 35.2 Å². The van der Waals surface area contributed by atoms with Gasteiger partial charge in [0.15, 0.2) is 0 Å². The van der Waals surface area contributed by atoms with Gasteiger partial charge in [-0.1, -0.05) is 6.92 Å². The molecule has 0 aliphatic carbocycles. The molecule has 0 heterocycles. The van der Waals surface area contributed by atoms with Crippen molar-refractivity contribution in [3.8, 4) is 5.75 Å². The summed E-state index contributed by atoms with van der Waals surface area (Å²) in [7, 11) is 1.72. The van der Waals surface area contributed by atoms with Crippen LogP contribution in [0.3, 0.4) is 0 Å². The van der Waals surface area contributed by atoms with Gasteiger partial charge in [-0.3, -0.25) is 0 Å². The Kier molecular flexibility index (Phi) is 5.16. The third kappa shape index (κ3) is 3.42. The van der Waals surface area contributed by atoms with Crippen molar-refractivity contribution in [2.75, 3.05) is 13.7 Å². The summed E-state index contributed by atoms with van der Waals surface area (Å²) in [6.07, 6.45) is 1.03. The number of aryl methyl sites for hydroxylation is 2. The minimum absolute atomic E-state index is 0.529. The van der Waals surface area contributed by atoms with E-state index in [0.29, 0.717) is 5.25 Å². The van der Waals surface area contributed by atoms with Gasteiger partial charge in [-0.15, -0.1) is 11.8 Å². The molecule has 2 nitrogen and oxygen atoms in total. The zero-order valence-corrected chi connectivity index (χ0v) is 11.4. The predicted molar refractivity (Wildman–Crippen MR) is 71.5 cm³/mol. The van der Waals surface area contributed by atoms with Crippen LogP contribution in [-0.2, 0) is 0 Å². The molecule has 3 heteroatoms. The van der Waals surface area contributed by atoms with Gasteiger partial charge in [-0.05, 0) is 50.1 Å². The number of hydrogen-bond donors (Lipinski definition) is 1. The first kappa shape index (κ1) is 13.4. The van der Waals surface area contributed by atoms with Gasteiger partial charge in [-0.25, -0.2) is 0 Å². The standard InChI is InChI=1S/C13H21NOS/c1-9-7-12(15-4)13(8-10(9)2)16-11(3)5-6-14/h7-8,11H,5-6,14H2,1-4H3. The fraction of sp³-hybridized carbons (Fsp3) is 0.538. The van der Waals surface area contributed by atoms with Crippen molar-refractivity contribution in [1.82, 2.24) is 0 Å². The third-order valence-corrected chi connectivity index (χ3v) is 3.89. The average Bonchev–Trinajstić information content (AvgIpc) is 2.23. The molecule has 0 saturated carbocycles. The van der Waals surface area contributed by atoms with Crippen LogP contribution >= 0.6 is 11.8 Å². The summed E-state index contributed by atoms with van der Waals surface area (Å²) in [6.45, 7) is 7.18. The van der Waals surface area contributed by atoms with Gasteiger partial charge >= 0.3 is 0 Å². The van der Waals surface area contributed by atoms with E-state index in [0.717, 1.165) is 18.7 Å². The van der Waals surface area contributed by atoms with E-state index in [4.69, 9.17) is 10.5 Å². The molecule has 0 spiro atoms. The van der Waals surface area contributed by atoms with E-state index in [2.05, 4.69) is 32.9 Å². The normalized spacial score (nSPS) is 12.6. The molecule has 1 unspecified atom stereocenters. The van der Waals surface area contributed by atoms with E-state index in [9.17, 15) is 0 Å². The lowest BCUT2D eigenvalue weighted by molar-refractivity contribution is 0.404. The Balaban J connectivity index is 2.89. The van der Waals surface area contributed by atoms with Crippen molar-refractivity contribution >= 4 is 11.8 Å². The van der Waals surface area contributed by atoms with Crippen molar-refractivity contribution in [1.29, 1.82) is 0 Å². The second-order valence-corrected chi connectivity index (χ2v) is 5.57. The van der Waals surface area contributed by atoms with E-state index < -0.39 is 0 Å². The fourth-order valence-corrected chi connectivity index (χ4v) is 2.72. The molecule has 2 N–H and O–H groups in total. The molecule has 1 aromatic carbocycles. The van der Waals surface area contributed by atoms with Crippen molar-refractivity contribution < 1.29 is 4.74 Å². The second kappa shape index (κ2) is 6.16. The van der Waals surface area contributed by atoms with Gasteiger partial charge < -0.3 is 10.5 Å². The smallest absolute Gasteiger partial charge is 0.132 e. The molecule has 16 heavy (non-hydrogen) atoms. The van der Waals surface area contributed by atoms with Crippen molar-refractivity contribution in [2.45, 2.75) is 37.3 Å². The van der Waals surface area contributed by atoms with Crippen molar-refractivity contribution in [2.24, 2.45) is 5.73 Å². The van der Waals surface area contributed by atoms with Crippen LogP contribution in [0.2, 0.25) is 0 Å². The number of nitrogens with two attached hydrogens (primary N) is 1. The van der Waals surface area contributed by atoms with E-state index in [1.54, 1.807) is 7.11 Å². The van der Waals surface area contributed by atoms with Gasteiger partial charge in [0.05, 0.1) is 7.11 Å². The molecule has 0 amide bonds. The first-order chi connectivity index (χ1) is 7.58. The van der Waals surface area contributed by atoms with Crippen molar-refractivity contribution in [3.05, 3.63) is 23.3 Å². The highest BCUT2D eigenvalue weighted by molar-refractivity contribution is 8.00. The van der Waals surface area contributed by atoms with Gasteiger partial charge in [-0.2, -0.15) is 0 Å². The van der Waals surface area contributed by atoms with Crippen LogP contribution in [0.15, 0.2) is 17.0 Å². The number of hydrogen-bond acceptors (Lipinski definition) is 3. The van der Waals surface area contributed by atoms with Gasteiger partial charge in [0, 0.05) is 10.1 Å². The van der Waals surface area contributed by atoms with E-state index >= 15 is 0 Å². The number of methoxy groups -OCH3 is 1. The minimum atomic E-state index is 0.529. The Bertz CT molecular complexity index is 352. The summed E-state index contributed by atoms with van der Waals surface area (Å²) < 4.78 is 5.41. The molecule has 0 saturated heterocycles.